The molecule has 96 valence electrons. The van der Waals surface area contributed by atoms with Gasteiger partial charge in [-0.3, -0.25) is 0 Å². The van der Waals surface area contributed by atoms with Crippen molar-refractivity contribution in [3.05, 3.63) is 17.8 Å². The summed E-state index contributed by atoms with van der Waals surface area (Å²) in [7, 11) is 0. The minimum atomic E-state index is 0.339. The molecule has 5 nitrogen and oxygen atoms in total. The van der Waals surface area contributed by atoms with Crippen LogP contribution in [0.3, 0.4) is 0 Å². The Kier molecular flexibility index (Phi) is 2.81. The highest BCUT2D eigenvalue weighted by Crippen LogP contribution is 2.22. The molecule has 0 spiro atoms. The molecule has 0 saturated carbocycles. The standard InChI is InChI=1S/C13H19N5/c1-10-8-11(17-6-4-2-3-5-7-17)9-18-12(10)15-13(14)16-18/h8-9H,2-7H2,1H3,(H2,14,16). The summed E-state index contributed by atoms with van der Waals surface area (Å²) in [4.78, 5) is 6.67. The third-order valence-corrected chi connectivity index (χ3v) is 3.59. The number of fused-ring (bicyclic) bond motifs is 1. The van der Waals surface area contributed by atoms with Gasteiger partial charge in [0.15, 0.2) is 5.65 Å². The van der Waals surface area contributed by atoms with Gasteiger partial charge in [-0.1, -0.05) is 12.8 Å². The zero-order valence-electron chi connectivity index (χ0n) is 10.8. The summed E-state index contributed by atoms with van der Waals surface area (Å²) in [5, 5.41) is 4.21. The highest BCUT2D eigenvalue weighted by molar-refractivity contribution is 5.58. The van der Waals surface area contributed by atoms with E-state index in [1.54, 1.807) is 4.52 Å². The summed E-state index contributed by atoms with van der Waals surface area (Å²) in [6, 6.07) is 2.19. The number of hydrogen-bond acceptors (Lipinski definition) is 4. The quantitative estimate of drug-likeness (QED) is 0.834. The van der Waals surface area contributed by atoms with E-state index in [-0.39, 0.29) is 0 Å². The van der Waals surface area contributed by atoms with Crippen molar-refractivity contribution >= 4 is 17.3 Å². The smallest absolute Gasteiger partial charge is 0.240 e. The molecule has 2 N–H and O–H groups in total. The van der Waals surface area contributed by atoms with Gasteiger partial charge in [-0.2, -0.15) is 4.98 Å². The van der Waals surface area contributed by atoms with E-state index in [0.29, 0.717) is 5.95 Å². The first-order chi connectivity index (χ1) is 8.74. The van der Waals surface area contributed by atoms with Crippen LogP contribution in [0.15, 0.2) is 12.3 Å². The predicted molar refractivity (Wildman–Crippen MR) is 72.8 cm³/mol. The van der Waals surface area contributed by atoms with Crippen LogP contribution >= 0.6 is 0 Å². The average molecular weight is 245 g/mol. The molecule has 1 saturated heterocycles. The molecule has 3 heterocycles. The maximum Gasteiger partial charge on any atom is 0.240 e. The lowest BCUT2D eigenvalue weighted by atomic mass is 10.2. The Balaban J connectivity index is 2.00. The zero-order valence-corrected chi connectivity index (χ0v) is 10.8. The van der Waals surface area contributed by atoms with E-state index in [9.17, 15) is 0 Å². The monoisotopic (exact) mass is 245 g/mol. The largest absolute Gasteiger partial charge is 0.370 e. The Hall–Kier alpha value is -1.78. The molecule has 2 aromatic rings. The van der Waals surface area contributed by atoms with Crippen LogP contribution < -0.4 is 10.6 Å². The molecule has 5 heteroatoms. The molecule has 2 aromatic heterocycles. The SMILES string of the molecule is Cc1cc(N2CCCCCC2)cn2nc(N)nc12. The maximum absolute atomic E-state index is 5.66. The fourth-order valence-electron chi connectivity index (χ4n) is 2.65. The Morgan fingerprint density at radius 3 is 2.61 bits per heavy atom. The first-order valence-corrected chi connectivity index (χ1v) is 6.61. The minimum Gasteiger partial charge on any atom is -0.370 e. The van der Waals surface area contributed by atoms with Crippen molar-refractivity contribution in [3.63, 3.8) is 0 Å². The Morgan fingerprint density at radius 2 is 1.89 bits per heavy atom. The van der Waals surface area contributed by atoms with E-state index in [2.05, 4.69) is 28.0 Å². The van der Waals surface area contributed by atoms with Gasteiger partial charge in [-0.05, 0) is 31.4 Å². The van der Waals surface area contributed by atoms with Gasteiger partial charge in [0.05, 0.1) is 11.9 Å². The maximum atomic E-state index is 5.66. The second kappa shape index (κ2) is 4.48. The number of aromatic nitrogens is 3. The van der Waals surface area contributed by atoms with E-state index in [1.807, 2.05) is 6.20 Å². The summed E-state index contributed by atoms with van der Waals surface area (Å²) in [6.45, 7) is 4.33. The molecule has 3 rings (SSSR count). The second-order valence-corrected chi connectivity index (χ2v) is 5.02. The van der Waals surface area contributed by atoms with Gasteiger partial charge in [0, 0.05) is 13.1 Å². The van der Waals surface area contributed by atoms with Crippen molar-refractivity contribution in [1.29, 1.82) is 0 Å². The number of nitrogens with two attached hydrogens (primary N) is 1. The Labute approximate surface area is 107 Å². The van der Waals surface area contributed by atoms with Crippen LogP contribution in [-0.2, 0) is 0 Å². The van der Waals surface area contributed by atoms with Gasteiger partial charge in [0.1, 0.15) is 0 Å². The molecule has 0 aromatic carbocycles. The van der Waals surface area contributed by atoms with Crippen molar-refractivity contribution in [1.82, 2.24) is 14.6 Å². The van der Waals surface area contributed by atoms with Crippen molar-refractivity contribution < 1.29 is 0 Å². The van der Waals surface area contributed by atoms with E-state index in [4.69, 9.17) is 5.73 Å². The molecule has 0 aliphatic carbocycles. The van der Waals surface area contributed by atoms with Gasteiger partial charge in [0.25, 0.3) is 0 Å². The van der Waals surface area contributed by atoms with Crippen LogP contribution in [0.2, 0.25) is 0 Å². The Morgan fingerprint density at radius 1 is 1.17 bits per heavy atom. The van der Waals surface area contributed by atoms with Crippen LogP contribution in [0.1, 0.15) is 31.2 Å². The number of nitrogens with zero attached hydrogens (tertiary/aromatic N) is 4. The van der Waals surface area contributed by atoms with E-state index in [0.717, 1.165) is 24.3 Å². The fourth-order valence-corrected chi connectivity index (χ4v) is 2.65. The third-order valence-electron chi connectivity index (χ3n) is 3.59. The average Bonchev–Trinajstić information content (AvgIpc) is 2.58. The van der Waals surface area contributed by atoms with Gasteiger partial charge >= 0.3 is 0 Å². The molecule has 1 aliphatic heterocycles. The second-order valence-electron chi connectivity index (χ2n) is 5.02. The summed E-state index contributed by atoms with van der Waals surface area (Å²) < 4.78 is 1.80. The van der Waals surface area contributed by atoms with Gasteiger partial charge in [-0.25, -0.2) is 4.52 Å². The molecule has 0 unspecified atom stereocenters. The van der Waals surface area contributed by atoms with Crippen molar-refractivity contribution in [2.75, 3.05) is 23.7 Å². The van der Waals surface area contributed by atoms with Crippen molar-refractivity contribution in [2.45, 2.75) is 32.6 Å². The first-order valence-electron chi connectivity index (χ1n) is 6.61. The zero-order chi connectivity index (χ0) is 12.5. The number of hydrogen-bond donors (Lipinski definition) is 1. The normalized spacial score (nSPS) is 17.1. The summed E-state index contributed by atoms with van der Waals surface area (Å²) in [6.07, 6.45) is 7.27. The highest BCUT2D eigenvalue weighted by atomic mass is 15.3. The molecule has 0 bridgehead atoms. The lowest BCUT2D eigenvalue weighted by Crippen LogP contribution is -2.24. The molecule has 0 amide bonds. The fraction of sp³-hybridized carbons (Fsp3) is 0.538. The number of anilines is 2. The lowest BCUT2D eigenvalue weighted by Gasteiger charge is -2.22. The van der Waals surface area contributed by atoms with E-state index >= 15 is 0 Å². The number of rotatable bonds is 1. The van der Waals surface area contributed by atoms with Crippen molar-refractivity contribution in [2.24, 2.45) is 0 Å². The first kappa shape index (κ1) is 11.3. The van der Waals surface area contributed by atoms with Gasteiger partial charge in [0.2, 0.25) is 5.95 Å². The number of pyridine rings is 1. The number of aryl methyl sites for hydroxylation is 1. The predicted octanol–water partition coefficient (Wildman–Crippen LogP) is 2.00. The summed E-state index contributed by atoms with van der Waals surface area (Å²) >= 11 is 0. The van der Waals surface area contributed by atoms with E-state index in [1.165, 1.54) is 31.4 Å². The molecular formula is C13H19N5. The number of nitrogen functional groups attached to an aromatic ring is 1. The van der Waals surface area contributed by atoms with E-state index < -0.39 is 0 Å². The highest BCUT2D eigenvalue weighted by Gasteiger charge is 2.13. The topological polar surface area (TPSA) is 59.5 Å². The molecule has 0 radical (unpaired) electrons. The van der Waals surface area contributed by atoms with Gasteiger partial charge < -0.3 is 10.6 Å². The van der Waals surface area contributed by atoms with Crippen molar-refractivity contribution in [3.8, 4) is 0 Å². The van der Waals surface area contributed by atoms with Gasteiger partial charge in [-0.15, -0.1) is 5.10 Å². The molecule has 1 aliphatic rings. The molecule has 0 atom stereocenters. The Bertz CT molecular complexity index is 552. The summed E-state index contributed by atoms with van der Waals surface area (Å²) in [5.74, 6) is 0.339. The third kappa shape index (κ3) is 2.00. The minimum absolute atomic E-state index is 0.339. The van der Waals surface area contributed by atoms with Crippen LogP contribution in [0.25, 0.3) is 5.65 Å². The van der Waals surface area contributed by atoms with Crippen LogP contribution in [-0.4, -0.2) is 27.7 Å². The van der Waals surface area contributed by atoms with Crippen LogP contribution in [0, 0.1) is 6.92 Å². The molecule has 18 heavy (non-hydrogen) atoms. The summed E-state index contributed by atoms with van der Waals surface area (Å²) in [5.41, 5.74) is 8.86. The lowest BCUT2D eigenvalue weighted by molar-refractivity contribution is 0.726. The molecule has 1 fully saturated rings. The molecular weight excluding hydrogens is 226 g/mol. The van der Waals surface area contributed by atoms with Crippen LogP contribution in [0.4, 0.5) is 11.6 Å². The van der Waals surface area contributed by atoms with Crippen LogP contribution in [0.5, 0.6) is 0 Å².